The molecule has 0 saturated carbocycles. The van der Waals surface area contributed by atoms with Crippen molar-refractivity contribution >= 4 is 10.9 Å². The van der Waals surface area contributed by atoms with E-state index >= 15 is 0 Å². The van der Waals surface area contributed by atoms with Gasteiger partial charge in [0.1, 0.15) is 18.1 Å². The molecule has 4 heteroatoms. The Morgan fingerprint density at radius 3 is 2.85 bits per heavy atom. The van der Waals surface area contributed by atoms with Gasteiger partial charge in [-0.25, -0.2) is 0 Å². The first-order valence-electron chi connectivity index (χ1n) is 6.46. The van der Waals surface area contributed by atoms with Crippen LogP contribution in [0.3, 0.4) is 0 Å². The first-order chi connectivity index (χ1) is 9.76. The minimum Gasteiger partial charge on any atom is -0.496 e. The molecule has 3 aromatic rings. The lowest BCUT2D eigenvalue weighted by molar-refractivity contribution is 0.306. The first-order valence-corrected chi connectivity index (χ1v) is 6.46. The zero-order valence-corrected chi connectivity index (χ0v) is 11.5. The van der Waals surface area contributed by atoms with E-state index < -0.39 is 0 Å². The molecule has 1 N–H and O–H groups in total. The van der Waals surface area contributed by atoms with Gasteiger partial charge < -0.3 is 9.47 Å². The largest absolute Gasteiger partial charge is 0.496 e. The number of benzene rings is 2. The van der Waals surface area contributed by atoms with Crippen LogP contribution in [0.1, 0.15) is 11.1 Å². The van der Waals surface area contributed by atoms with E-state index in [9.17, 15) is 0 Å². The topological polar surface area (TPSA) is 47.1 Å². The number of methoxy groups -OCH3 is 1. The molecule has 0 atom stereocenters. The maximum atomic E-state index is 5.80. The number of ether oxygens (including phenoxy) is 2. The molecule has 2 aromatic carbocycles. The van der Waals surface area contributed by atoms with Crippen LogP contribution in [-0.2, 0) is 6.61 Å². The van der Waals surface area contributed by atoms with Gasteiger partial charge in [-0.1, -0.05) is 6.07 Å². The van der Waals surface area contributed by atoms with Gasteiger partial charge in [-0.2, -0.15) is 5.10 Å². The van der Waals surface area contributed by atoms with Crippen molar-refractivity contribution in [3.05, 3.63) is 53.7 Å². The Kier molecular flexibility index (Phi) is 3.29. The van der Waals surface area contributed by atoms with Crippen molar-refractivity contribution in [2.24, 2.45) is 0 Å². The Labute approximate surface area is 117 Å². The summed E-state index contributed by atoms with van der Waals surface area (Å²) in [6.07, 6.45) is 1.87. The van der Waals surface area contributed by atoms with Crippen LogP contribution < -0.4 is 9.47 Å². The Morgan fingerprint density at radius 2 is 2.05 bits per heavy atom. The van der Waals surface area contributed by atoms with E-state index in [4.69, 9.17) is 9.47 Å². The van der Waals surface area contributed by atoms with Crippen molar-refractivity contribution in [1.29, 1.82) is 0 Å². The third-order valence-electron chi connectivity index (χ3n) is 3.27. The smallest absolute Gasteiger partial charge is 0.122 e. The number of fused-ring (bicyclic) bond motifs is 1. The summed E-state index contributed by atoms with van der Waals surface area (Å²) in [5, 5.41) is 8.07. The van der Waals surface area contributed by atoms with E-state index in [1.165, 1.54) is 0 Å². The summed E-state index contributed by atoms with van der Waals surface area (Å²) in [6, 6.07) is 11.9. The van der Waals surface area contributed by atoms with Crippen LogP contribution in [0.5, 0.6) is 11.5 Å². The van der Waals surface area contributed by atoms with Crippen LogP contribution in [0, 0.1) is 6.92 Å². The van der Waals surface area contributed by atoms with E-state index in [0.717, 1.165) is 33.5 Å². The monoisotopic (exact) mass is 268 g/mol. The molecule has 0 aliphatic carbocycles. The lowest BCUT2D eigenvalue weighted by atomic mass is 10.1. The van der Waals surface area contributed by atoms with Gasteiger partial charge in [-0.05, 0) is 42.3 Å². The number of nitrogens with one attached hydrogen (secondary N) is 1. The second kappa shape index (κ2) is 5.25. The fourth-order valence-electron chi connectivity index (χ4n) is 2.20. The summed E-state index contributed by atoms with van der Waals surface area (Å²) >= 11 is 0. The van der Waals surface area contributed by atoms with E-state index in [1.807, 2.05) is 43.5 Å². The zero-order chi connectivity index (χ0) is 13.9. The lowest BCUT2D eigenvalue weighted by Crippen LogP contribution is -1.97. The number of aromatic amines is 1. The number of hydrogen-bond donors (Lipinski definition) is 1. The maximum absolute atomic E-state index is 5.80. The van der Waals surface area contributed by atoms with Crippen molar-refractivity contribution in [3.63, 3.8) is 0 Å². The quantitative estimate of drug-likeness (QED) is 0.788. The van der Waals surface area contributed by atoms with Crippen LogP contribution in [0.15, 0.2) is 42.6 Å². The van der Waals surface area contributed by atoms with Gasteiger partial charge in [0, 0.05) is 17.6 Å². The lowest BCUT2D eigenvalue weighted by Gasteiger charge is -2.09. The number of rotatable bonds is 4. The minimum atomic E-state index is 0.529. The molecule has 1 heterocycles. The molecule has 0 amide bonds. The number of hydrogen-bond acceptors (Lipinski definition) is 3. The third kappa shape index (κ3) is 2.45. The molecular weight excluding hydrogens is 252 g/mol. The van der Waals surface area contributed by atoms with Gasteiger partial charge in [-0.3, -0.25) is 5.10 Å². The van der Waals surface area contributed by atoms with E-state index in [0.29, 0.717) is 6.61 Å². The molecule has 20 heavy (non-hydrogen) atoms. The second-order valence-electron chi connectivity index (χ2n) is 4.70. The summed E-state index contributed by atoms with van der Waals surface area (Å²) in [6.45, 7) is 2.55. The zero-order valence-electron chi connectivity index (χ0n) is 11.5. The van der Waals surface area contributed by atoms with E-state index in [-0.39, 0.29) is 0 Å². The van der Waals surface area contributed by atoms with Crippen molar-refractivity contribution in [2.75, 3.05) is 7.11 Å². The van der Waals surface area contributed by atoms with E-state index in [1.54, 1.807) is 7.11 Å². The predicted octanol–water partition coefficient (Wildman–Crippen LogP) is 3.46. The van der Waals surface area contributed by atoms with Crippen molar-refractivity contribution < 1.29 is 9.47 Å². The Hall–Kier alpha value is -2.49. The van der Waals surface area contributed by atoms with Gasteiger partial charge >= 0.3 is 0 Å². The molecule has 0 bridgehead atoms. The molecule has 0 spiro atoms. The van der Waals surface area contributed by atoms with Gasteiger partial charge in [0.2, 0.25) is 0 Å². The summed E-state index contributed by atoms with van der Waals surface area (Å²) in [4.78, 5) is 0. The highest BCUT2D eigenvalue weighted by Gasteiger charge is 2.03. The number of nitrogens with zero attached hydrogens (tertiary/aromatic N) is 1. The molecule has 102 valence electrons. The molecule has 0 aliphatic rings. The molecular formula is C16H16N2O2. The van der Waals surface area contributed by atoms with Crippen molar-refractivity contribution in [3.8, 4) is 11.5 Å². The highest BCUT2D eigenvalue weighted by Crippen LogP contribution is 2.22. The van der Waals surface area contributed by atoms with Gasteiger partial charge in [-0.15, -0.1) is 0 Å². The standard InChI is InChI=1S/C16H16N2O2/c1-11-7-12(3-6-16(11)19-2)10-20-14-5-4-13-9-17-18-15(13)8-14/h3-9H,10H2,1-2H3,(H,17,18). The van der Waals surface area contributed by atoms with Crippen molar-refractivity contribution in [2.45, 2.75) is 13.5 Å². The Bertz CT molecular complexity index is 734. The fourth-order valence-corrected chi connectivity index (χ4v) is 2.20. The molecule has 4 nitrogen and oxygen atoms in total. The molecule has 0 fully saturated rings. The number of aryl methyl sites for hydroxylation is 1. The molecule has 3 rings (SSSR count). The van der Waals surface area contributed by atoms with Gasteiger partial charge in [0.15, 0.2) is 0 Å². The molecule has 0 aliphatic heterocycles. The Balaban J connectivity index is 1.73. The first kappa shape index (κ1) is 12.5. The Morgan fingerprint density at radius 1 is 1.15 bits per heavy atom. The van der Waals surface area contributed by atoms with Crippen LogP contribution in [0.2, 0.25) is 0 Å². The highest BCUT2D eigenvalue weighted by molar-refractivity contribution is 5.79. The SMILES string of the molecule is COc1ccc(COc2ccc3c[nH]nc3c2)cc1C. The van der Waals surface area contributed by atoms with Gasteiger partial charge in [0.25, 0.3) is 0 Å². The average Bonchev–Trinajstić information content (AvgIpc) is 2.92. The fraction of sp³-hybridized carbons (Fsp3) is 0.188. The maximum Gasteiger partial charge on any atom is 0.122 e. The molecule has 0 unspecified atom stereocenters. The summed E-state index contributed by atoms with van der Waals surface area (Å²) in [5.41, 5.74) is 3.13. The van der Waals surface area contributed by atoms with Crippen LogP contribution in [0.25, 0.3) is 10.9 Å². The summed E-state index contributed by atoms with van der Waals surface area (Å²) < 4.78 is 11.1. The predicted molar refractivity (Wildman–Crippen MR) is 78.2 cm³/mol. The number of aromatic nitrogens is 2. The van der Waals surface area contributed by atoms with Gasteiger partial charge in [0.05, 0.1) is 12.6 Å². The number of H-pyrrole nitrogens is 1. The molecule has 0 saturated heterocycles. The van der Waals surface area contributed by atoms with Crippen LogP contribution in [0.4, 0.5) is 0 Å². The third-order valence-corrected chi connectivity index (χ3v) is 3.27. The summed E-state index contributed by atoms with van der Waals surface area (Å²) in [7, 11) is 1.68. The molecule has 0 radical (unpaired) electrons. The second-order valence-corrected chi connectivity index (χ2v) is 4.70. The van der Waals surface area contributed by atoms with Crippen molar-refractivity contribution in [1.82, 2.24) is 10.2 Å². The van der Waals surface area contributed by atoms with E-state index in [2.05, 4.69) is 16.3 Å². The highest BCUT2D eigenvalue weighted by atomic mass is 16.5. The van der Waals surface area contributed by atoms with Crippen LogP contribution in [-0.4, -0.2) is 17.3 Å². The summed E-state index contributed by atoms with van der Waals surface area (Å²) in [5.74, 6) is 1.71. The molecule has 1 aromatic heterocycles. The normalized spacial score (nSPS) is 10.7. The van der Waals surface area contributed by atoms with Crippen LogP contribution >= 0.6 is 0 Å². The minimum absolute atomic E-state index is 0.529. The average molecular weight is 268 g/mol.